The van der Waals surface area contributed by atoms with Crippen LogP contribution < -0.4 is 0 Å². The molecule has 0 amide bonds. The van der Waals surface area contributed by atoms with Gasteiger partial charge in [-0.1, -0.05) is 41.4 Å². The zero-order valence-corrected chi connectivity index (χ0v) is 12.4. The van der Waals surface area contributed by atoms with E-state index >= 15 is 0 Å². The lowest BCUT2D eigenvalue weighted by Crippen LogP contribution is -2.00. The standard InChI is InChI=1S/C17H15ClFNO/c1-11-3-2-4-12(7-11)9-20-16-6-5-13(19)8-14(16)15(10-21)17(20)18/h2-8,21H,9-10H2,1H3. The fourth-order valence-corrected chi connectivity index (χ4v) is 2.98. The molecular weight excluding hydrogens is 289 g/mol. The number of hydrogen-bond acceptors (Lipinski definition) is 1. The molecule has 0 saturated carbocycles. The number of fused-ring (bicyclic) bond motifs is 1. The summed E-state index contributed by atoms with van der Waals surface area (Å²) < 4.78 is 15.3. The largest absolute Gasteiger partial charge is 0.392 e. The molecule has 2 nitrogen and oxygen atoms in total. The summed E-state index contributed by atoms with van der Waals surface area (Å²) in [5.74, 6) is -0.332. The van der Waals surface area contributed by atoms with Crippen molar-refractivity contribution in [2.45, 2.75) is 20.1 Å². The van der Waals surface area contributed by atoms with Crippen molar-refractivity contribution in [3.05, 3.63) is 70.1 Å². The van der Waals surface area contributed by atoms with E-state index in [0.717, 1.165) is 11.1 Å². The number of hydrogen-bond donors (Lipinski definition) is 1. The summed E-state index contributed by atoms with van der Waals surface area (Å²) in [7, 11) is 0. The highest BCUT2D eigenvalue weighted by molar-refractivity contribution is 6.32. The van der Waals surface area contributed by atoms with Crippen LogP contribution in [0.25, 0.3) is 10.9 Å². The predicted molar refractivity (Wildman–Crippen MR) is 83.1 cm³/mol. The number of halogens is 2. The predicted octanol–water partition coefficient (Wildman–Crippen LogP) is 4.28. The van der Waals surface area contributed by atoms with Gasteiger partial charge >= 0.3 is 0 Å². The van der Waals surface area contributed by atoms with Gasteiger partial charge in [-0.3, -0.25) is 0 Å². The van der Waals surface area contributed by atoms with Crippen LogP contribution >= 0.6 is 11.6 Å². The van der Waals surface area contributed by atoms with Crippen LogP contribution in [-0.2, 0) is 13.2 Å². The first-order valence-electron chi connectivity index (χ1n) is 6.72. The maximum atomic E-state index is 13.4. The summed E-state index contributed by atoms with van der Waals surface area (Å²) in [5, 5.41) is 10.6. The average Bonchev–Trinajstić information content (AvgIpc) is 2.70. The van der Waals surface area contributed by atoms with Gasteiger partial charge in [0.15, 0.2) is 0 Å². The molecule has 0 aliphatic carbocycles. The smallest absolute Gasteiger partial charge is 0.123 e. The van der Waals surface area contributed by atoms with Gasteiger partial charge in [-0.2, -0.15) is 0 Å². The van der Waals surface area contributed by atoms with Crippen molar-refractivity contribution >= 4 is 22.5 Å². The molecule has 108 valence electrons. The van der Waals surface area contributed by atoms with Gasteiger partial charge < -0.3 is 9.67 Å². The maximum Gasteiger partial charge on any atom is 0.123 e. The van der Waals surface area contributed by atoms with E-state index in [2.05, 4.69) is 6.07 Å². The van der Waals surface area contributed by atoms with Gasteiger partial charge in [-0.25, -0.2) is 4.39 Å². The van der Waals surface area contributed by atoms with Crippen LogP contribution in [0.2, 0.25) is 5.15 Å². The summed E-state index contributed by atoms with van der Waals surface area (Å²) in [6, 6.07) is 12.7. The van der Waals surface area contributed by atoms with Crippen molar-refractivity contribution in [2.24, 2.45) is 0 Å². The first kappa shape index (κ1) is 14.1. The highest BCUT2D eigenvalue weighted by Gasteiger charge is 2.15. The molecule has 0 aliphatic heterocycles. The van der Waals surface area contributed by atoms with Gasteiger partial charge in [-0.05, 0) is 30.7 Å². The Bertz CT molecular complexity index is 810. The number of benzene rings is 2. The van der Waals surface area contributed by atoms with Gasteiger partial charge in [0.1, 0.15) is 11.0 Å². The number of aromatic nitrogens is 1. The molecule has 0 aliphatic rings. The first-order valence-corrected chi connectivity index (χ1v) is 7.10. The van der Waals surface area contributed by atoms with Crippen molar-refractivity contribution in [1.82, 2.24) is 4.57 Å². The van der Waals surface area contributed by atoms with Crippen LogP contribution in [0.5, 0.6) is 0 Å². The van der Waals surface area contributed by atoms with Crippen molar-refractivity contribution in [3.63, 3.8) is 0 Å². The average molecular weight is 304 g/mol. The van der Waals surface area contributed by atoms with Gasteiger partial charge in [-0.15, -0.1) is 0 Å². The summed E-state index contributed by atoms with van der Waals surface area (Å²) >= 11 is 6.37. The molecule has 0 unspecified atom stereocenters. The van der Waals surface area contributed by atoms with Crippen LogP contribution in [0.1, 0.15) is 16.7 Å². The molecule has 1 aromatic heterocycles. The Morgan fingerprint density at radius 1 is 1.19 bits per heavy atom. The minimum absolute atomic E-state index is 0.209. The summed E-state index contributed by atoms with van der Waals surface area (Å²) in [5.41, 5.74) is 3.68. The van der Waals surface area contributed by atoms with Gasteiger partial charge in [0.2, 0.25) is 0 Å². The maximum absolute atomic E-state index is 13.4. The van der Waals surface area contributed by atoms with Crippen molar-refractivity contribution in [1.29, 1.82) is 0 Å². The van der Waals surface area contributed by atoms with E-state index in [9.17, 15) is 9.50 Å². The molecule has 0 bridgehead atoms. The Hall–Kier alpha value is -1.84. The number of aliphatic hydroxyl groups is 1. The molecule has 0 spiro atoms. The minimum atomic E-state index is -0.332. The van der Waals surface area contributed by atoms with Gasteiger partial charge in [0.25, 0.3) is 0 Å². The molecule has 1 heterocycles. The van der Waals surface area contributed by atoms with Crippen LogP contribution in [0.4, 0.5) is 4.39 Å². The summed E-state index contributed by atoms with van der Waals surface area (Å²) in [6.07, 6.45) is 0. The molecule has 3 rings (SSSR count). The third-order valence-electron chi connectivity index (χ3n) is 3.64. The zero-order chi connectivity index (χ0) is 15.0. The second-order valence-corrected chi connectivity index (χ2v) is 5.52. The van der Waals surface area contributed by atoms with Crippen LogP contribution in [-0.4, -0.2) is 9.67 Å². The molecule has 21 heavy (non-hydrogen) atoms. The summed E-state index contributed by atoms with van der Waals surface area (Å²) in [6.45, 7) is 2.41. The van der Waals surface area contributed by atoms with Crippen molar-refractivity contribution in [3.8, 4) is 0 Å². The minimum Gasteiger partial charge on any atom is -0.392 e. The van der Waals surface area contributed by atoms with E-state index in [4.69, 9.17) is 11.6 Å². The Kier molecular flexibility index (Phi) is 3.70. The zero-order valence-electron chi connectivity index (χ0n) is 11.6. The Labute approximate surface area is 127 Å². The van der Waals surface area contributed by atoms with E-state index in [1.807, 2.05) is 29.7 Å². The van der Waals surface area contributed by atoms with E-state index < -0.39 is 0 Å². The highest BCUT2D eigenvalue weighted by Crippen LogP contribution is 2.31. The Balaban J connectivity index is 2.16. The Morgan fingerprint density at radius 2 is 2.00 bits per heavy atom. The highest BCUT2D eigenvalue weighted by atomic mass is 35.5. The molecule has 0 radical (unpaired) electrons. The molecular formula is C17H15ClFNO. The fourth-order valence-electron chi connectivity index (χ4n) is 2.66. The Morgan fingerprint density at radius 3 is 2.71 bits per heavy atom. The van der Waals surface area contributed by atoms with Crippen molar-refractivity contribution < 1.29 is 9.50 Å². The van der Waals surface area contributed by atoms with Crippen LogP contribution in [0, 0.1) is 12.7 Å². The number of nitrogens with zero attached hydrogens (tertiary/aromatic N) is 1. The van der Waals surface area contributed by atoms with E-state index in [0.29, 0.717) is 22.6 Å². The SMILES string of the molecule is Cc1cccc(Cn2c(Cl)c(CO)c3cc(F)ccc32)c1. The molecule has 0 saturated heterocycles. The van der Waals surface area contributed by atoms with Gasteiger partial charge in [0.05, 0.1) is 12.1 Å². The fraction of sp³-hybridized carbons (Fsp3) is 0.176. The normalized spacial score (nSPS) is 11.2. The molecule has 0 atom stereocenters. The lowest BCUT2D eigenvalue weighted by atomic mass is 10.1. The molecule has 1 N–H and O–H groups in total. The van der Waals surface area contributed by atoms with Gasteiger partial charge in [0, 0.05) is 17.5 Å². The third-order valence-corrected chi connectivity index (χ3v) is 4.07. The van der Waals surface area contributed by atoms with Crippen LogP contribution in [0.15, 0.2) is 42.5 Å². The van der Waals surface area contributed by atoms with Crippen LogP contribution in [0.3, 0.4) is 0 Å². The monoisotopic (exact) mass is 303 g/mol. The quantitative estimate of drug-likeness (QED) is 0.767. The molecule has 0 fully saturated rings. The topological polar surface area (TPSA) is 25.2 Å². The van der Waals surface area contributed by atoms with E-state index in [1.165, 1.54) is 17.7 Å². The van der Waals surface area contributed by atoms with Crippen molar-refractivity contribution in [2.75, 3.05) is 0 Å². The number of rotatable bonds is 3. The van der Waals surface area contributed by atoms with E-state index in [-0.39, 0.29) is 12.4 Å². The molecule has 3 aromatic rings. The second kappa shape index (κ2) is 5.51. The molecule has 2 aromatic carbocycles. The number of aliphatic hydroxyl groups excluding tert-OH is 1. The first-order chi connectivity index (χ1) is 10.1. The van der Waals surface area contributed by atoms with E-state index in [1.54, 1.807) is 6.07 Å². The second-order valence-electron chi connectivity index (χ2n) is 5.16. The lowest BCUT2D eigenvalue weighted by molar-refractivity contribution is 0.283. The molecule has 4 heteroatoms. The lowest BCUT2D eigenvalue weighted by Gasteiger charge is -2.08. The summed E-state index contributed by atoms with van der Waals surface area (Å²) in [4.78, 5) is 0. The number of aryl methyl sites for hydroxylation is 1. The third kappa shape index (κ3) is 2.55.